The average molecular weight is 619 g/mol. The second kappa shape index (κ2) is 12.8. The van der Waals surface area contributed by atoms with Crippen molar-refractivity contribution in [1.82, 2.24) is 19.9 Å². The highest BCUT2D eigenvalue weighted by atomic mass is 35.5. The van der Waals surface area contributed by atoms with Gasteiger partial charge in [-0.15, -0.1) is 0 Å². The van der Waals surface area contributed by atoms with E-state index in [0.29, 0.717) is 54.7 Å². The molecule has 0 bridgehead atoms. The Morgan fingerprint density at radius 3 is 2.62 bits per heavy atom. The van der Waals surface area contributed by atoms with E-state index in [1.165, 1.54) is 30.7 Å². The number of thiazole rings is 1. The van der Waals surface area contributed by atoms with E-state index >= 15 is 0 Å². The van der Waals surface area contributed by atoms with Gasteiger partial charge >= 0.3 is 0 Å². The first-order valence-corrected chi connectivity index (χ1v) is 15.2. The Morgan fingerprint density at radius 2 is 2.00 bits per heavy atom. The number of rotatable bonds is 8. The number of carbonyl (C=O) groups is 1. The largest absolute Gasteiger partial charge is 0.492 e. The van der Waals surface area contributed by atoms with Gasteiger partial charge in [-0.3, -0.25) is 15.0 Å². The first kappa shape index (κ1) is 30.6. The quantitative estimate of drug-likeness (QED) is 0.305. The summed E-state index contributed by atoms with van der Waals surface area (Å²) in [6.45, 7) is 8.23. The summed E-state index contributed by atoms with van der Waals surface area (Å²) in [6.07, 6.45) is 5.16. The molecule has 2 saturated heterocycles. The van der Waals surface area contributed by atoms with Crippen LogP contribution in [0.2, 0.25) is 5.02 Å². The van der Waals surface area contributed by atoms with Gasteiger partial charge < -0.3 is 19.8 Å². The molecule has 226 valence electrons. The number of nitrogens with zero attached hydrogens (tertiary/aromatic N) is 5. The maximum absolute atomic E-state index is 14.8. The maximum atomic E-state index is 14.8. The molecule has 2 fully saturated rings. The molecule has 13 heteroatoms. The summed E-state index contributed by atoms with van der Waals surface area (Å²) in [7, 11) is 1.36. The normalized spacial score (nSPS) is 18.0. The van der Waals surface area contributed by atoms with Crippen LogP contribution in [-0.2, 0) is 6.54 Å². The van der Waals surface area contributed by atoms with E-state index in [4.69, 9.17) is 21.3 Å². The van der Waals surface area contributed by atoms with Crippen LogP contribution >= 0.6 is 22.9 Å². The molecule has 0 radical (unpaired) electrons. The van der Waals surface area contributed by atoms with Crippen LogP contribution in [0, 0.1) is 17.2 Å². The van der Waals surface area contributed by atoms with Crippen LogP contribution in [-0.4, -0.2) is 75.6 Å². The number of hydrogen-bond donors (Lipinski definition) is 3. The van der Waals surface area contributed by atoms with Crippen molar-refractivity contribution in [1.29, 1.82) is 0 Å². The molecule has 5 rings (SSSR count). The number of aliphatic hydroxyl groups is 2. The van der Waals surface area contributed by atoms with Crippen molar-refractivity contribution in [2.45, 2.75) is 52.4 Å². The van der Waals surface area contributed by atoms with Gasteiger partial charge in [-0.05, 0) is 49.8 Å². The number of aromatic nitrogens is 3. The number of ether oxygens (including phenoxy) is 1. The number of piperidine rings is 2. The van der Waals surface area contributed by atoms with Gasteiger partial charge in [0.15, 0.2) is 23.0 Å². The summed E-state index contributed by atoms with van der Waals surface area (Å²) < 4.78 is 19.9. The number of halogens is 2. The standard InChI is InChI=1S/C29H36ClFN6O4S/c1-29(2)7-4-8-36(16-29)15-22-24(18-11-19(30)25(41-3)20(31)12-18)34-28(42-22)35-26(38)21-13-33-23(14-32-21)37-9-5-17(6-10-37)27(39)40/h11-14,17,27,39-40H,4-10,15-16H2,1-3H3,(H,34,35,38). The van der Waals surface area contributed by atoms with Gasteiger partial charge in [0.25, 0.3) is 5.91 Å². The predicted molar refractivity (Wildman–Crippen MR) is 161 cm³/mol. The van der Waals surface area contributed by atoms with Crippen LogP contribution < -0.4 is 15.0 Å². The molecule has 2 aliphatic heterocycles. The molecule has 0 spiro atoms. The van der Waals surface area contributed by atoms with E-state index in [9.17, 15) is 19.4 Å². The summed E-state index contributed by atoms with van der Waals surface area (Å²) in [5, 5.41) is 22.2. The van der Waals surface area contributed by atoms with Crippen molar-refractivity contribution in [3.05, 3.63) is 45.9 Å². The molecule has 1 aromatic carbocycles. The number of likely N-dealkylation sites (tertiary alicyclic amines) is 1. The Balaban J connectivity index is 1.35. The third-order valence-corrected chi connectivity index (χ3v) is 9.13. The van der Waals surface area contributed by atoms with Gasteiger partial charge in [-0.1, -0.05) is 36.8 Å². The maximum Gasteiger partial charge on any atom is 0.277 e. The van der Waals surface area contributed by atoms with Gasteiger partial charge in [-0.25, -0.2) is 19.3 Å². The molecule has 0 saturated carbocycles. The lowest BCUT2D eigenvalue weighted by Gasteiger charge is -2.37. The zero-order chi connectivity index (χ0) is 30.0. The molecule has 4 heterocycles. The minimum Gasteiger partial charge on any atom is -0.492 e. The van der Waals surface area contributed by atoms with Crippen LogP contribution in [0.5, 0.6) is 5.75 Å². The molecule has 42 heavy (non-hydrogen) atoms. The van der Waals surface area contributed by atoms with Crippen LogP contribution in [0.25, 0.3) is 11.3 Å². The monoisotopic (exact) mass is 618 g/mol. The number of aliphatic hydroxyl groups excluding tert-OH is 1. The van der Waals surface area contributed by atoms with Gasteiger partial charge in [0, 0.05) is 42.5 Å². The van der Waals surface area contributed by atoms with Crippen molar-refractivity contribution in [3.8, 4) is 17.0 Å². The van der Waals surface area contributed by atoms with Crippen molar-refractivity contribution < 1.29 is 24.1 Å². The van der Waals surface area contributed by atoms with Crippen LogP contribution in [0.15, 0.2) is 24.5 Å². The first-order chi connectivity index (χ1) is 20.0. The van der Waals surface area contributed by atoms with Crippen LogP contribution in [0.1, 0.15) is 54.9 Å². The average Bonchev–Trinajstić information content (AvgIpc) is 3.34. The Morgan fingerprint density at radius 1 is 1.24 bits per heavy atom. The molecular formula is C29H36ClFN6O4S. The zero-order valence-corrected chi connectivity index (χ0v) is 25.5. The van der Waals surface area contributed by atoms with Gasteiger partial charge in [0.05, 0.1) is 30.2 Å². The number of hydrogen-bond acceptors (Lipinski definition) is 10. The first-order valence-electron chi connectivity index (χ1n) is 14.0. The fourth-order valence-corrected chi connectivity index (χ4v) is 7.01. The van der Waals surface area contributed by atoms with E-state index in [1.807, 2.05) is 4.90 Å². The lowest BCUT2D eigenvalue weighted by Crippen LogP contribution is -2.39. The Hall–Kier alpha value is -2.90. The SMILES string of the molecule is COc1c(F)cc(-c2nc(NC(=O)c3cnc(N4CCC(C(O)O)CC4)cn3)sc2CN2CCCC(C)(C)C2)cc1Cl. The Labute approximate surface area is 253 Å². The molecule has 3 aromatic rings. The predicted octanol–water partition coefficient (Wildman–Crippen LogP) is 4.80. The topological polar surface area (TPSA) is 124 Å². The minimum absolute atomic E-state index is 0.0270. The fraction of sp³-hybridized carbons (Fsp3) is 0.517. The second-order valence-electron chi connectivity index (χ2n) is 11.7. The highest BCUT2D eigenvalue weighted by Crippen LogP contribution is 2.39. The van der Waals surface area contributed by atoms with Crippen LogP contribution in [0.4, 0.5) is 15.3 Å². The van der Waals surface area contributed by atoms with E-state index in [2.05, 4.69) is 34.0 Å². The fourth-order valence-electron chi connectivity index (χ4n) is 5.70. The highest BCUT2D eigenvalue weighted by Gasteiger charge is 2.29. The van der Waals surface area contributed by atoms with Crippen molar-refractivity contribution >= 4 is 39.8 Å². The smallest absolute Gasteiger partial charge is 0.277 e. The molecule has 0 atom stereocenters. The number of methoxy groups -OCH3 is 1. The molecule has 10 nitrogen and oxygen atoms in total. The summed E-state index contributed by atoms with van der Waals surface area (Å²) in [5.41, 5.74) is 1.38. The van der Waals surface area contributed by atoms with Crippen molar-refractivity contribution in [3.63, 3.8) is 0 Å². The Bertz CT molecular complexity index is 1390. The summed E-state index contributed by atoms with van der Waals surface area (Å²) in [6, 6.07) is 2.98. The third kappa shape index (κ3) is 7.00. The minimum atomic E-state index is -1.32. The van der Waals surface area contributed by atoms with Crippen LogP contribution in [0.3, 0.4) is 0 Å². The van der Waals surface area contributed by atoms with Gasteiger partial charge in [-0.2, -0.15) is 0 Å². The lowest BCUT2D eigenvalue weighted by molar-refractivity contribution is -0.0894. The summed E-state index contributed by atoms with van der Waals surface area (Å²) in [4.78, 5) is 31.8. The molecule has 1 amide bonds. The number of nitrogens with one attached hydrogen (secondary N) is 1. The van der Waals surface area contributed by atoms with Gasteiger partial charge in [0.1, 0.15) is 11.5 Å². The molecule has 0 aliphatic carbocycles. The third-order valence-electron chi connectivity index (χ3n) is 7.90. The van der Waals surface area contributed by atoms with E-state index in [0.717, 1.165) is 30.8 Å². The summed E-state index contributed by atoms with van der Waals surface area (Å²) >= 11 is 7.66. The number of anilines is 2. The van der Waals surface area contributed by atoms with E-state index < -0.39 is 18.0 Å². The Kier molecular flexibility index (Phi) is 9.28. The molecule has 2 aromatic heterocycles. The second-order valence-corrected chi connectivity index (χ2v) is 13.2. The lowest BCUT2D eigenvalue weighted by atomic mass is 9.84. The number of amides is 1. The molecule has 0 unspecified atom stereocenters. The molecular weight excluding hydrogens is 583 g/mol. The molecule has 2 aliphatic rings. The highest BCUT2D eigenvalue weighted by molar-refractivity contribution is 7.16. The number of benzene rings is 1. The zero-order valence-electron chi connectivity index (χ0n) is 23.9. The van der Waals surface area contributed by atoms with E-state index in [1.54, 1.807) is 12.3 Å². The van der Waals surface area contributed by atoms with E-state index in [-0.39, 0.29) is 27.8 Å². The van der Waals surface area contributed by atoms with Crippen molar-refractivity contribution in [2.24, 2.45) is 11.3 Å². The van der Waals surface area contributed by atoms with Gasteiger partial charge in [0.2, 0.25) is 0 Å². The molecule has 3 N–H and O–H groups in total. The number of carbonyl (C=O) groups excluding carboxylic acids is 1. The van der Waals surface area contributed by atoms with Crippen molar-refractivity contribution in [2.75, 3.05) is 43.5 Å². The summed E-state index contributed by atoms with van der Waals surface area (Å²) in [5.74, 6) is -0.601.